The van der Waals surface area contributed by atoms with E-state index in [9.17, 15) is 13.2 Å². The number of sulfone groups is 1. The van der Waals surface area contributed by atoms with Gasteiger partial charge in [0.25, 0.3) is 5.91 Å². The number of benzene rings is 1. The van der Waals surface area contributed by atoms with Crippen molar-refractivity contribution in [2.75, 3.05) is 12.0 Å². The lowest BCUT2D eigenvalue weighted by molar-refractivity contribution is 0.0939. The SMILES string of the molecule is C[C@@H](CCS(C)(=O)=O)NC(=O)c1cccc(Cl)c1Cl. The van der Waals surface area contributed by atoms with Crippen molar-refractivity contribution in [2.24, 2.45) is 0 Å². The van der Waals surface area contributed by atoms with E-state index in [1.54, 1.807) is 25.1 Å². The molecule has 7 heteroatoms. The molecule has 1 rings (SSSR count). The largest absolute Gasteiger partial charge is 0.350 e. The molecule has 0 unspecified atom stereocenters. The maximum absolute atomic E-state index is 11.9. The molecule has 106 valence electrons. The van der Waals surface area contributed by atoms with Crippen molar-refractivity contribution in [2.45, 2.75) is 19.4 Å². The number of carbonyl (C=O) groups is 1. The standard InChI is InChI=1S/C12H15Cl2NO3S/c1-8(6-7-19(2,17)18)15-12(16)9-4-3-5-10(13)11(9)14/h3-5,8H,6-7H2,1-2H3,(H,15,16)/t8-/m0/s1. The van der Waals surface area contributed by atoms with Crippen LogP contribution >= 0.6 is 23.2 Å². The predicted molar refractivity (Wildman–Crippen MR) is 77.7 cm³/mol. The van der Waals surface area contributed by atoms with Crippen LogP contribution in [-0.2, 0) is 9.84 Å². The second kappa shape index (κ2) is 6.59. The van der Waals surface area contributed by atoms with E-state index in [-0.39, 0.29) is 28.3 Å². The fraction of sp³-hybridized carbons (Fsp3) is 0.417. The third-order valence-corrected chi connectivity index (χ3v) is 4.29. The quantitative estimate of drug-likeness (QED) is 0.905. The number of rotatable bonds is 5. The molecule has 0 heterocycles. The van der Waals surface area contributed by atoms with Crippen LogP contribution in [-0.4, -0.2) is 32.4 Å². The third kappa shape index (κ3) is 5.38. The Balaban J connectivity index is 2.67. The average molecular weight is 324 g/mol. The van der Waals surface area contributed by atoms with E-state index >= 15 is 0 Å². The molecule has 1 atom stereocenters. The van der Waals surface area contributed by atoms with Gasteiger partial charge in [0.15, 0.2) is 0 Å². The topological polar surface area (TPSA) is 63.2 Å². The number of hydrogen-bond acceptors (Lipinski definition) is 3. The minimum absolute atomic E-state index is 0.0255. The summed E-state index contributed by atoms with van der Waals surface area (Å²) in [5.41, 5.74) is 0.278. The lowest BCUT2D eigenvalue weighted by Gasteiger charge is -2.14. The average Bonchev–Trinajstić information content (AvgIpc) is 2.29. The van der Waals surface area contributed by atoms with E-state index in [1.165, 1.54) is 0 Å². The van der Waals surface area contributed by atoms with Gasteiger partial charge in [-0.15, -0.1) is 0 Å². The molecule has 19 heavy (non-hydrogen) atoms. The smallest absolute Gasteiger partial charge is 0.253 e. The van der Waals surface area contributed by atoms with Gasteiger partial charge in [0.2, 0.25) is 0 Å². The second-order valence-electron chi connectivity index (χ2n) is 4.39. The number of amides is 1. The fourth-order valence-corrected chi connectivity index (χ4v) is 2.61. The minimum Gasteiger partial charge on any atom is -0.350 e. The Morgan fingerprint density at radius 3 is 2.58 bits per heavy atom. The van der Waals surface area contributed by atoms with Gasteiger partial charge in [-0.1, -0.05) is 29.3 Å². The van der Waals surface area contributed by atoms with Crippen LogP contribution in [0.2, 0.25) is 10.0 Å². The van der Waals surface area contributed by atoms with E-state index < -0.39 is 9.84 Å². The summed E-state index contributed by atoms with van der Waals surface area (Å²) in [6.45, 7) is 1.74. The van der Waals surface area contributed by atoms with E-state index in [4.69, 9.17) is 23.2 Å². The van der Waals surface area contributed by atoms with E-state index in [0.29, 0.717) is 11.4 Å². The Bertz CT molecular complexity index is 572. The summed E-state index contributed by atoms with van der Waals surface area (Å²) in [5, 5.41) is 3.19. The Labute approximate surface area is 123 Å². The summed E-state index contributed by atoms with van der Waals surface area (Å²) in [4.78, 5) is 11.9. The van der Waals surface area contributed by atoms with Crippen LogP contribution in [0.3, 0.4) is 0 Å². The first-order valence-corrected chi connectivity index (χ1v) is 8.45. The zero-order valence-electron chi connectivity index (χ0n) is 10.6. The molecule has 0 bridgehead atoms. The van der Waals surface area contributed by atoms with Crippen LogP contribution in [0.25, 0.3) is 0 Å². The van der Waals surface area contributed by atoms with Crippen molar-refractivity contribution in [1.82, 2.24) is 5.32 Å². The molecule has 0 spiro atoms. The number of hydrogen-bond donors (Lipinski definition) is 1. The molecule has 0 aliphatic carbocycles. The highest BCUT2D eigenvalue weighted by Crippen LogP contribution is 2.25. The highest BCUT2D eigenvalue weighted by Gasteiger charge is 2.15. The summed E-state index contributed by atoms with van der Waals surface area (Å²) >= 11 is 11.8. The van der Waals surface area contributed by atoms with Gasteiger partial charge in [-0.25, -0.2) is 8.42 Å². The van der Waals surface area contributed by atoms with Crippen molar-refractivity contribution >= 4 is 38.9 Å². The molecular weight excluding hydrogens is 309 g/mol. The highest BCUT2D eigenvalue weighted by molar-refractivity contribution is 7.90. The fourth-order valence-electron chi connectivity index (χ4n) is 1.44. The first-order chi connectivity index (χ1) is 8.70. The molecule has 0 aliphatic heterocycles. The molecule has 1 amide bonds. The number of halogens is 2. The Hall–Kier alpha value is -0.780. The van der Waals surface area contributed by atoms with Crippen molar-refractivity contribution in [3.63, 3.8) is 0 Å². The van der Waals surface area contributed by atoms with Gasteiger partial charge in [-0.3, -0.25) is 4.79 Å². The first-order valence-electron chi connectivity index (χ1n) is 5.63. The van der Waals surface area contributed by atoms with Gasteiger partial charge in [0.05, 0.1) is 21.4 Å². The van der Waals surface area contributed by atoms with E-state index in [2.05, 4.69) is 5.32 Å². The zero-order valence-corrected chi connectivity index (χ0v) is 12.9. The lowest BCUT2D eigenvalue weighted by Crippen LogP contribution is -2.34. The Morgan fingerprint density at radius 1 is 1.37 bits per heavy atom. The lowest BCUT2D eigenvalue weighted by atomic mass is 10.2. The summed E-state index contributed by atoms with van der Waals surface area (Å²) in [6, 6.07) is 4.52. The van der Waals surface area contributed by atoms with Crippen LogP contribution < -0.4 is 5.32 Å². The summed E-state index contributed by atoms with van der Waals surface area (Å²) in [7, 11) is -3.03. The second-order valence-corrected chi connectivity index (χ2v) is 7.44. The molecule has 1 aromatic carbocycles. The van der Waals surface area contributed by atoms with Crippen LogP contribution in [0.1, 0.15) is 23.7 Å². The number of nitrogens with one attached hydrogen (secondary N) is 1. The maximum atomic E-state index is 11.9. The molecule has 0 saturated heterocycles. The maximum Gasteiger partial charge on any atom is 0.253 e. The monoisotopic (exact) mass is 323 g/mol. The molecule has 0 aromatic heterocycles. The number of carbonyl (C=O) groups excluding carboxylic acids is 1. The van der Waals surface area contributed by atoms with E-state index in [1.807, 2.05) is 0 Å². The third-order valence-electron chi connectivity index (χ3n) is 2.50. The van der Waals surface area contributed by atoms with E-state index in [0.717, 1.165) is 6.26 Å². The van der Waals surface area contributed by atoms with Crippen LogP contribution in [0.4, 0.5) is 0 Å². The zero-order chi connectivity index (χ0) is 14.6. The minimum atomic E-state index is -3.03. The molecule has 1 aromatic rings. The van der Waals surface area contributed by atoms with Crippen molar-refractivity contribution < 1.29 is 13.2 Å². The van der Waals surface area contributed by atoms with Gasteiger partial charge in [-0.05, 0) is 25.5 Å². The molecule has 4 nitrogen and oxygen atoms in total. The highest BCUT2D eigenvalue weighted by atomic mass is 35.5. The molecule has 0 aliphatic rings. The molecule has 0 radical (unpaired) electrons. The molecular formula is C12H15Cl2NO3S. The van der Waals surface area contributed by atoms with Crippen LogP contribution in [0.15, 0.2) is 18.2 Å². The Kier molecular flexibility index (Phi) is 5.64. The summed E-state index contributed by atoms with van der Waals surface area (Å²) < 4.78 is 22.1. The van der Waals surface area contributed by atoms with Crippen LogP contribution in [0.5, 0.6) is 0 Å². The van der Waals surface area contributed by atoms with Crippen molar-refractivity contribution in [3.8, 4) is 0 Å². The van der Waals surface area contributed by atoms with Gasteiger partial charge < -0.3 is 5.32 Å². The molecule has 1 N–H and O–H groups in total. The van der Waals surface area contributed by atoms with Crippen molar-refractivity contribution in [3.05, 3.63) is 33.8 Å². The van der Waals surface area contributed by atoms with Gasteiger partial charge in [0, 0.05) is 12.3 Å². The first kappa shape index (κ1) is 16.3. The van der Waals surface area contributed by atoms with Crippen LogP contribution in [0, 0.1) is 0 Å². The van der Waals surface area contributed by atoms with Gasteiger partial charge in [-0.2, -0.15) is 0 Å². The predicted octanol–water partition coefficient (Wildman–Crippen LogP) is 2.55. The summed E-state index contributed by atoms with van der Waals surface area (Å²) in [5.74, 6) is -0.342. The molecule has 0 saturated carbocycles. The molecule has 0 fully saturated rings. The van der Waals surface area contributed by atoms with Gasteiger partial charge in [0.1, 0.15) is 9.84 Å². The van der Waals surface area contributed by atoms with Crippen molar-refractivity contribution in [1.29, 1.82) is 0 Å². The van der Waals surface area contributed by atoms with Gasteiger partial charge >= 0.3 is 0 Å². The normalized spacial score (nSPS) is 13.1. The Morgan fingerprint density at radius 2 is 2.00 bits per heavy atom. The summed E-state index contributed by atoms with van der Waals surface area (Å²) in [6.07, 6.45) is 1.51.